The molecule has 0 spiro atoms. The Morgan fingerprint density at radius 2 is 1.56 bits per heavy atom. The predicted octanol–water partition coefficient (Wildman–Crippen LogP) is 1.26. The molecule has 1 aliphatic rings. The van der Waals surface area contributed by atoms with Crippen molar-refractivity contribution in [1.82, 2.24) is 0 Å². The van der Waals surface area contributed by atoms with Crippen molar-refractivity contribution in [2.75, 3.05) is 13.2 Å². The molecule has 0 bridgehead atoms. The van der Waals surface area contributed by atoms with E-state index in [0.29, 0.717) is 0 Å². The second-order valence-electron chi connectivity index (χ2n) is 1.57. The van der Waals surface area contributed by atoms with Crippen LogP contribution in [0.25, 0.3) is 0 Å². The van der Waals surface area contributed by atoms with Crippen molar-refractivity contribution in [3.63, 3.8) is 0 Å². The summed E-state index contributed by atoms with van der Waals surface area (Å²) in [6, 6.07) is 1.75. The fourth-order valence-corrected chi connectivity index (χ4v) is 0.440. The first-order valence-corrected chi connectivity index (χ1v) is 2.97. The molecule has 0 unspecified atom stereocenters. The molecular weight excluding hydrogens is 118 g/mol. The summed E-state index contributed by atoms with van der Waals surface area (Å²) in [5, 5.41) is 7.32. The standard InChI is InChI=1S/C4H8O2.C2H3N/c1-2-4-6-5-3-1;1-2-3/h1-4H2;1H3. The molecule has 1 fully saturated rings. The average Bonchev–Trinajstić information content (AvgIpc) is 1.93. The SMILES string of the molecule is C1CCOOC1.CC#N. The van der Waals surface area contributed by atoms with Gasteiger partial charge in [-0.1, -0.05) is 0 Å². The van der Waals surface area contributed by atoms with Gasteiger partial charge < -0.3 is 0 Å². The number of nitrogens with zero attached hydrogens (tertiary/aromatic N) is 1. The van der Waals surface area contributed by atoms with Gasteiger partial charge in [0.05, 0.1) is 19.3 Å². The Kier molecular flexibility index (Phi) is 6.92. The van der Waals surface area contributed by atoms with Crippen molar-refractivity contribution in [1.29, 1.82) is 5.26 Å². The number of nitriles is 1. The molecule has 3 heteroatoms. The first-order valence-electron chi connectivity index (χ1n) is 2.97. The maximum atomic E-state index is 7.32. The van der Waals surface area contributed by atoms with Gasteiger partial charge in [0.25, 0.3) is 0 Å². The summed E-state index contributed by atoms with van der Waals surface area (Å²) in [6.07, 6.45) is 2.31. The molecule has 0 aliphatic carbocycles. The van der Waals surface area contributed by atoms with Crippen molar-refractivity contribution >= 4 is 0 Å². The Balaban J connectivity index is 0.000000187. The molecule has 0 saturated carbocycles. The summed E-state index contributed by atoms with van der Waals surface area (Å²) in [5.74, 6) is 0. The smallest absolute Gasteiger partial charge is 0.0823 e. The highest BCUT2D eigenvalue weighted by Gasteiger charge is 1.95. The van der Waals surface area contributed by atoms with Gasteiger partial charge in [0.15, 0.2) is 0 Å². The molecule has 0 aromatic heterocycles. The first kappa shape index (κ1) is 8.41. The van der Waals surface area contributed by atoms with Gasteiger partial charge in [-0.15, -0.1) is 0 Å². The Morgan fingerprint density at radius 1 is 1.22 bits per heavy atom. The van der Waals surface area contributed by atoms with Crippen LogP contribution in [0.15, 0.2) is 0 Å². The molecular formula is C6H11NO2. The lowest BCUT2D eigenvalue weighted by atomic mass is 10.3. The zero-order valence-corrected chi connectivity index (χ0v) is 5.59. The molecule has 1 saturated heterocycles. The van der Waals surface area contributed by atoms with Crippen LogP contribution < -0.4 is 0 Å². The molecule has 0 radical (unpaired) electrons. The van der Waals surface area contributed by atoms with E-state index in [9.17, 15) is 0 Å². The molecule has 0 aromatic carbocycles. The number of hydrogen-bond donors (Lipinski definition) is 0. The molecule has 1 aliphatic heterocycles. The van der Waals surface area contributed by atoms with Crippen LogP contribution in [0.3, 0.4) is 0 Å². The number of hydrogen-bond acceptors (Lipinski definition) is 3. The van der Waals surface area contributed by atoms with Crippen LogP contribution in [0, 0.1) is 11.3 Å². The van der Waals surface area contributed by atoms with Crippen LogP contribution >= 0.6 is 0 Å². The van der Waals surface area contributed by atoms with E-state index in [0.717, 1.165) is 26.1 Å². The molecule has 9 heavy (non-hydrogen) atoms. The molecule has 0 amide bonds. The molecule has 1 heterocycles. The highest BCUT2D eigenvalue weighted by atomic mass is 17.2. The minimum Gasteiger partial charge on any atom is -0.237 e. The highest BCUT2D eigenvalue weighted by molar-refractivity contribution is 4.51. The summed E-state index contributed by atoms with van der Waals surface area (Å²) in [7, 11) is 0. The minimum absolute atomic E-state index is 0.778. The summed E-state index contributed by atoms with van der Waals surface area (Å²) < 4.78 is 0. The van der Waals surface area contributed by atoms with Crippen LogP contribution in [0.4, 0.5) is 0 Å². The van der Waals surface area contributed by atoms with Gasteiger partial charge in [0, 0.05) is 6.92 Å². The maximum Gasteiger partial charge on any atom is 0.0823 e. The van der Waals surface area contributed by atoms with Crippen molar-refractivity contribution in [3.05, 3.63) is 0 Å². The lowest BCUT2D eigenvalue weighted by Crippen LogP contribution is -2.05. The van der Waals surface area contributed by atoms with E-state index in [1.54, 1.807) is 6.07 Å². The van der Waals surface area contributed by atoms with Gasteiger partial charge in [-0.25, -0.2) is 9.78 Å². The second kappa shape index (κ2) is 7.41. The van der Waals surface area contributed by atoms with Crippen molar-refractivity contribution in [2.45, 2.75) is 19.8 Å². The minimum atomic E-state index is 0.778. The van der Waals surface area contributed by atoms with Crippen molar-refractivity contribution in [2.24, 2.45) is 0 Å². The zero-order valence-electron chi connectivity index (χ0n) is 5.59. The van der Waals surface area contributed by atoms with Crippen LogP contribution in [0.2, 0.25) is 0 Å². The molecule has 1 rings (SSSR count). The normalized spacial score (nSPS) is 16.9. The van der Waals surface area contributed by atoms with E-state index < -0.39 is 0 Å². The van der Waals surface area contributed by atoms with Crippen LogP contribution in [-0.4, -0.2) is 13.2 Å². The lowest BCUT2D eigenvalue weighted by molar-refractivity contribution is -0.312. The molecule has 52 valence electrons. The van der Waals surface area contributed by atoms with Gasteiger partial charge in [-0.3, -0.25) is 0 Å². The largest absolute Gasteiger partial charge is 0.237 e. The quantitative estimate of drug-likeness (QED) is 0.462. The van der Waals surface area contributed by atoms with Crippen LogP contribution in [0.1, 0.15) is 19.8 Å². The van der Waals surface area contributed by atoms with Gasteiger partial charge >= 0.3 is 0 Å². The Morgan fingerprint density at radius 3 is 1.67 bits per heavy atom. The molecule has 0 aromatic rings. The third-order valence-electron chi connectivity index (χ3n) is 0.789. The first-order chi connectivity index (χ1) is 4.41. The lowest BCUT2D eigenvalue weighted by Gasteiger charge is -2.07. The van der Waals surface area contributed by atoms with E-state index in [1.165, 1.54) is 6.92 Å². The maximum absolute atomic E-state index is 7.32. The van der Waals surface area contributed by atoms with Gasteiger partial charge in [-0.05, 0) is 12.8 Å². The Hall–Kier alpha value is -0.590. The fourth-order valence-electron chi connectivity index (χ4n) is 0.440. The van der Waals surface area contributed by atoms with E-state index in [4.69, 9.17) is 5.26 Å². The third kappa shape index (κ3) is 7.41. The molecule has 3 nitrogen and oxygen atoms in total. The zero-order chi connectivity index (χ0) is 6.95. The molecule has 0 N–H and O–H groups in total. The average molecular weight is 129 g/mol. The van der Waals surface area contributed by atoms with E-state index in [2.05, 4.69) is 9.78 Å². The van der Waals surface area contributed by atoms with E-state index in [1.807, 2.05) is 0 Å². The second-order valence-corrected chi connectivity index (χ2v) is 1.57. The van der Waals surface area contributed by atoms with Gasteiger partial charge in [0.1, 0.15) is 0 Å². The summed E-state index contributed by atoms with van der Waals surface area (Å²) in [6.45, 7) is 2.99. The third-order valence-corrected chi connectivity index (χ3v) is 0.789. The summed E-state index contributed by atoms with van der Waals surface area (Å²) in [5.41, 5.74) is 0. The van der Waals surface area contributed by atoms with Crippen molar-refractivity contribution < 1.29 is 9.78 Å². The predicted molar refractivity (Wildman–Crippen MR) is 32.4 cm³/mol. The van der Waals surface area contributed by atoms with Crippen molar-refractivity contribution in [3.8, 4) is 6.07 Å². The number of rotatable bonds is 0. The Labute approximate surface area is 55.1 Å². The van der Waals surface area contributed by atoms with E-state index >= 15 is 0 Å². The van der Waals surface area contributed by atoms with Gasteiger partial charge in [0.2, 0.25) is 0 Å². The van der Waals surface area contributed by atoms with Crippen LogP contribution in [0.5, 0.6) is 0 Å². The monoisotopic (exact) mass is 129 g/mol. The van der Waals surface area contributed by atoms with E-state index in [-0.39, 0.29) is 0 Å². The topological polar surface area (TPSA) is 42.2 Å². The Bertz CT molecular complexity index is 72.0. The summed E-state index contributed by atoms with van der Waals surface area (Å²) >= 11 is 0. The highest BCUT2D eigenvalue weighted by Crippen LogP contribution is 1.97. The van der Waals surface area contributed by atoms with Crippen LogP contribution in [-0.2, 0) is 9.78 Å². The van der Waals surface area contributed by atoms with Gasteiger partial charge in [-0.2, -0.15) is 5.26 Å². The molecule has 0 atom stereocenters. The fraction of sp³-hybridized carbons (Fsp3) is 0.833. The summed E-state index contributed by atoms with van der Waals surface area (Å²) in [4.78, 5) is 9.14.